The Morgan fingerprint density at radius 2 is 1.88 bits per heavy atom. The van der Waals surface area contributed by atoms with Crippen molar-refractivity contribution in [3.05, 3.63) is 29.6 Å². The third-order valence-corrected chi connectivity index (χ3v) is 3.53. The van der Waals surface area contributed by atoms with E-state index < -0.39 is 45.0 Å². The second-order valence-electron chi connectivity index (χ2n) is 3.38. The van der Waals surface area contributed by atoms with Crippen LogP contribution in [0.5, 0.6) is 0 Å². The van der Waals surface area contributed by atoms with E-state index in [1.54, 1.807) is 0 Å². The number of halogens is 3. The molecule has 0 aromatic heterocycles. The summed E-state index contributed by atoms with van der Waals surface area (Å²) in [5, 5.41) is 8.66. The van der Waals surface area contributed by atoms with Gasteiger partial charge in [0, 0.05) is 6.04 Å². The topological polar surface area (TPSA) is 66.4 Å². The average molecular weight is 269 g/mol. The fourth-order valence-electron chi connectivity index (χ4n) is 1.08. The van der Waals surface area contributed by atoms with Gasteiger partial charge in [0.1, 0.15) is 4.90 Å². The minimum absolute atomic E-state index is 0.509. The number of benzene rings is 1. The molecular weight excluding hydrogens is 259 g/mol. The van der Waals surface area contributed by atoms with Crippen molar-refractivity contribution in [2.45, 2.75) is 17.9 Å². The highest BCUT2D eigenvalue weighted by Crippen LogP contribution is 2.19. The lowest BCUT2D eigenvalue weighted by molar-refractivity contribution is 0.265. The molecule has 0 unspecified atom stereocenters. The minimum Gasteiger partial charge on any atom is -0.395 e. The number of rotatable bonds is 4. The van der Waals surface area contributed by atoms with Gasteiger partial charge in [0.25, 0.3) is 0 Å². The van der Waals surface area contributed by atoms with E-state index in [9.17, 15) is 21.6 Å². The van der Waals surface area contributed by atoms with Gasteiger partial charge in [-0.25, -0.2) is 26.3 Å². The molecule has 96 valence electrons. The highest BCUT2D eigenvalue weighted by molar-refractivity contribution is 7.89. The van der Waals surface area contributed by atoms with E-state index >= 15 is 0 Å². The van der Waals surface area contributed by atoms with E-state index in [0.29, 0.717) is 12.1 Å². The van der Waals surface area contributed by atoms with Gasteiger partial charge in [-0.3, -0.25) is 0 Å². The molecule has 0 fully saturated rings. The lowest BCUT2D eigenvalue weighted by atomic mass is 10.3. The molecule has 1 atom stereocenters. The maximum absolute atomic E-state index is 13.2. The maximum Gasteiger partial charge on any atom is 0.243 e. The van der Waals surface area contributed by atoms with Gasteiger partial charge in [-0.05, 0) is 19.1 Å². The lowest BCUT2D eigenvalue weighted by Crippen LogP contribution is -2.35. The Balaban J connectivity index is 3.21. The van der Waals surface area contributed by atoms with Crippen molar-refractivity contribution in [1.82, 2.24) is 4.72 Å². The van der Waals surface area contributed by atoms with Crippen LogP contribution in [0, 0.1) is 17.5 Å². The smallest absolute Gasteiger partial charge is 0.243 e. The Kier molecular flexibility index (Phi) is 4.12. The van der Waals surface area contributed by atoms with Crippen molar-refractivity contribution >= 4 is 10.0 Å². The SMILES string of the molecule is C[C@H](CO)NS(=O)(=O)c1ccc(F)c(F)c1F. The Labute approximate surface area is 96.1 Å². The molecular formula is C9H10F3NO3S. The van der Waals surface area contributed by atoms with Crippen LogP contribution in [0.1, 0.15) is 6.92 Å². The molecule has 4 nitrogen and oxygen atoms in total. The number of nitrogens with one attached hydrogen (secondary N) is 1. The van der Waals surface area contributed by atoms with Crippen LogP contribution in [0.25, 0.3) is 0 Å². The Morgan fingerprint density at radius 1 is 1.29 bits per heavy atom. The number of hydrogen-bond donors (Lipinski definition) is 2. The standard InChI is InChI=1S/C9H10F3NO3S/c1-5(4-14)13-17(15,16)7-3-2-6(10)8(11)9(7)12/h2-3,5,13-14H,4H2,1H3/t5-/m1/s1. The van der Waals surface area contributed by atoms with E-state index in [2.05, 4.69) is 0 Å². The number of sulfonamides is 1. The molecule has 0 saturated heterocycles. The molecule has 1 aromatic carbocycles. The summed E-state index contributed by atoms with van der Waals surface area (Å²) in [6.07, 6.45) is 0. The third-order valence-electron chi connectivity index (χ3n) is 1.92. The Morgan fingerprint density at radius 3 is 2.41 bits per heavy atom. The van der Waals surface area contributed by atoms with Gasteiger partial charge in [-0.1, -0.05) is 0 Å². The van der Waals surface area contributed by atoms with Crippen molar-refractivity contribution in [3.8, 4) is 0 Å². The average Bonchev–Trinajstić information content (AvgIpc) is 2.24. The van der Waals surface area contributed by atoms with Crippen LogP contribution in [0.15, 0.2) is 17.0 Å². The fourth-order valence-corrected chi connectivity index (χ4v) is 2.39. The molecule has 1 rings (SSSR count). The zero-order valence-electron chi connectivity index (χ0n) is 8.75. The molecule has 2 N–H and O–H groups in total. The third kappa shape index (κ3) is 2.96. The summed E-state index contributed by atoms with van der Waals surface area (Å²) in [7, 11) is -4.33. The number of aliphatic hydroxyl groups is 1. The first-order chi connectivity index (χ1) is 7.79. The van der Waals surface area contributed by atoms with Crippen molar-refractivity contribution in [3.63, 3.8) is 0 Å². The molecule has 0 amide bonds. The molecule has 0 aliphatic carbocycles. The zero-order chi connectivity index (χ0) is 13.2. The zero-order valence-corrected chi connectivity index (χ0v) is 9.56. The predicted molar refractivity (Wildman–Crippen MR) is 53.2 cm³/mol. The molecule has 17 heavy (non-hydrogen) atoms. The highest BCUT2D eigenvalue weighted by Gasteiger charge is 2.25. The fraction of sp³-hybridized carbons (Fsp3) is 0.333. The quantitative estimate of drug-likeness (QED) is 0.793. The van der Waals surface area contributed by atoms with Crippen LogP contribution in [-0.2, 0) is 10.0 Å². The summed E-state index contributed by atoms with van der Waals surface area (Å²) in [6.45, 7) is 0.819. The lowest BCUT2D eigenvalue weighted by Gasteiger charge is -2.12. The van der Waals surface area contributed by atoms with Crippen LogP contribution >= 0.6 is 0 Å². The minimum atomic E-state index is -4.33. The van der Waals surface area contributed by atoms with Gasteiger partial charge in [0.2, 0.25) is 10.0 Å². The molecule has 0 aliphatic rings. The van der Waals surface area contributed by atoms with Gasteiger partial charge in [-0.15, -0.1) is 0 Å². The van der Waals surface area contributed by atoms with Crippen molar-refractivity contribution in [1.29, 1.82) is 0 Å². The van der Waals surface area contributed by atoms with E-state index in [-0.39, 0.29) is 0 Å². The summed E-state index contributed by atoms with van der Waals surface area (Å²) in [5.74, 6) is -5.12. The molecule has 8 heteroatoms. The van der Waals surface area contributed by atoms with Gasteiger partial charge in [-0.2, -0.15) is 0 Å². The van der Waals surface area contributed by atoms with Gasteiger partial charge in [0.15, 0.2) is 17.5 Å². The highest BCUT2D eigenvalue weighted by atomic mass is 32.2. The van der Waals surface area contributed by atoms with E-state index in [1.807, 2.05) is 4.72 Å². The van der Waals surface area contributed by atoms with Crippen molar-refractivity contribution in [2.24, 2.45) is 0 Å². The Hall–Kier alpha value is -1.12. The predicted octanol–water partition coefficient (Wildman–Crippen LogP) is 0.763. The Bertz CT molecular complexity index is 518. The van der Waals surface area contributed by atoms with Gasteiger partial charge >= 0.3 is 0 Å². The first kappa shape index (κ1) is 13.9. The van der Waals surface area contributed by atoms with Crippen LogP contribution in [0.3, 0.4) is 0 Å². The molecule has 1 aromatic rings. The summed E-state index contributed by atoms with van der Waals surface area (Å²) in [6, 6.07) is 0.254. The second kappa shape index (κ2) is 5.03. The molecule has 0 heterocycles. The summed E-state index contributed by atoms with van der Waals surface area (Å²) >= 11 is 0. The van der Waals surface area contributed by atoms with Crippen LogP contribution < -0.4 is 4.72 Å². The molecule has 0 saturated carbocycles. The van der Waals surface area contributed by atoms with Crippen LogP contribution in [-0.4, -0.2) is 26.2 Å². The van der Waals surface area contributed by atoms with Gasteiger partial charge < -0.3 is 5.11 Å². The van der Waals surface area contributed by atoms with E-state index in [1.165, 1.54) is 6.92 Å². The second-order valence-corrected chi connectivity index (χ2v) is 5.06. The summed E-state index contributed by atoms with van der Waals surface area (Å²) in [4.78, 5) is -1.00. The van der Waals surface area contributed by atoms with E-state index in [0.717, 1.165) is 0 Å². The molecule has 0 aliphatic heterocycles. The number of hydrogen-bond acceptors (Lipinski definition) is 3. The normalized spacial score (nSPS) is 13.7. The van der Waals surface area contributed by atoms with Crippen LogP contribution in [0.4, 0.5) is 13.2 Å². The van der Waals surface area contributed by atoms with E-state index in [4.69, 9.17) is 5.11 Å². The van der Waals surface area contributed by atoms with Gasteiger partial charge in [0.05, 0.1) is 6.61 Å². The van der Waals surface area contributed by atoms with Crippen molar-refractivity contribution in [2.75, 3.05) is 6.61 Å². The number of aliphatic hydroxyl groups excluding tert-OH is 1. The first-order valence-electron chi connectivity index (χ1n) is 4.56. The molecule has 0 radical (unpaired) electrons. The summed E-state index contributed by atoms with van der Waals surface area (Å²) in [5.41, 5.74) is 0. The monoisotopic (exact) mass is 269 g/mol. The molecule has 0 bridgehead atoms. The van der Waals surface area contributed by atoms with Crippen LogP contribution in [0.2, 0.25) is 0 Å². The maximum atomic E-state index is 13.2. The first-order valence-corrected chi connectivity index (χ1v) is 6.04. The van der Waals surface area contributed by atoms with Crippen molar-refractivity contribution < 1.29 is 26.7 Å². The largest absolute Gasteiger partial charge is 0.395 e. The molecule has 0 spiro atoms. The summed E-state index contributed by atoms with van der Waals surface area (Å²) < 4.78 is 63.6.